The van der Waals surface area contributed by atoms with E-state index in [2.05, 4.69) is 20.6 Å². The average molecular weight is 402 g/mol. The first-order valence-corrected chi connectivity index (χ1v) is 9.76. The van der Waals surface area contributed by atoms with Crippen LogP contribution in [0.4, 0.5) is 0 Å². The number of carbonyl (C=O) groups excluding carboxylic acids is 3. The monoisotopic (exact) mass is 402 g/mol. The SMILES string of the molecule is NC(N)=NCCCC(NC(=O)[C@@H]1CC(=O)CN1)C(=O)c1nc2ccccc2s1. The topological polar surface area (TPSA) is 153 Å². The van der Waals surface area contributed by atoms with Crippen LogP contribution in [0.25, 0.3) is 10.2 Å². The standard InChI is InChI=1S/C18H22N6O3S/c19-18(20)21-7-3-5-12(23-16(27)13-8-10(25)9-22-13)15(26)17-24-11-4-1-2-6-14(11)28-17/h1-2,4,6,12-13,22H,3,5,7-9H2,(H,23,27)(H4,19,20,21)/t12?,13-/m0/s1. The fourth-order valence-corrected chi connectivity index (χ4v) is 3.93. The van der Waals surface area contributed by atoms with E-state index in [0.717, 1.165) is 10.2 Å². The van der Waals surface area contributed by atoms with Crippen LogP contribution in [-0.4, -0.2) is 53.6 Å². The maximum Gasteiger partial charge on any atom is 0.238 e. The molecule has 3 rings (SSSR count). The van der Waals surface area contributed by atoms with Gasteiger partial charge in [-0.15, -0.1) is 11.3 Å². The molecule has 2 aromatic rings. The van der Waals surface area contributed by atoms with Crippen LogP contribution in [0, 0.1) is 0 Å². The smallest absolute Gasteiger partial charge is 0.238 e. The number of fused-ring (bicyclic) bond motifs is 1. The van der Waals surface area contributed by atoms with Gasteiger partial charge in [-0.25, -0.2) is 4.98 Å². The molecule has 1 saturated heterocycles. The Balaban J connectivity index is 1.73. The molecule has 10 heteroatoms. The fourth-order valence-electron chi connectivity index (χ4n) is 2.97. The van der Waals surface area contributed by atoms with Crippen LogP contribution in [0.1, 0.15) is 29.1 Å². The van der Waals surface area contributed by atoms with E-state index in [0.29, 0.717) is 24.4 Å². The van der Waals surface area contributed by atoms with Crippen molar-refractivity contribution in [3.8, 4) is 0 Å². The summed E-state index contributed by atoms with van der Waals surface area (Å²) in [6.45, 7) is 0.515. The zero-order valence-corrected chi connectivity index (χ0v) is 16.0. The van der Waals surface area contributed by atoms with Gasteiger partial charge in [-0.05, 0) is 25.0 Å². The number of aromatic nitrogens is 1. The first kappa shape index (κ1) is 19.9. The maximum atomic E-state index is 13.0. The van der Waals surface area contributed by atoms with Crippen molar-refractivity contribution >= 4 is 45.0 Å². The fraction of sp³-hybridized carbons (Fsp3) is 0.389. The molecular formula is C18H22N6O3S. The van der Waals surface area contributed by atoms with E-state index in [1.165, 1.54) is 11.3 Å². The van der Waals surface area contributed by atoms with Crippen molar-refractivity contribution in [3.63, 3.8) is 0 Å². The van der Waals surface area contributed by atoms with Crippen molar-refractivity contribution in [1.29, 1.82) is 0 Å². The molecule has 6 N–H and O–H groups in total. The molecule has 2 heterocycles. The second kappa shape index (κ2) is 8.89. The van der Waals surface area contributed by atoms with E-state index < -0.39 is 12.1 Å². The first-order valence-electron chi connectivity index (χ1n) is 8.94. The van der Waals surface area contributed by atoms with E-state index in [-0.39, 0.29) is 36.4 Å². The van der Waals surface area contributed by atoms with Crippen molar-refractivity contribution in [2.75, 3.05) is 13.1 Å². The Morgan fingerprint density at radius 1 is 1.36 bits per heavy atom. The van der Waals surface area contributed by atoms with E-state index in [1.54, 1.807) is 0 Å². The van der Waals surface area contributed by atoms with Gasteiger partial charge in [0.05, 0.1) is 28.8 Å². The molecule has 1 amide bonds. The number of carbonyl (C=O) groups is 3. The predicted octanol–water partition coefficient (Wildman–Crippen LogP) is -0.0516. The van der Waals surface area contributed by atoms with Crippen LogP contribution in [0.5, 0.6) is 0 Å². The number of nitrogens with zero attached hydrogens (tertiary/aromatic N) is 2. The quantitative estimate of drug-likeness (QED) is 0.209. The summed E-state index contributed by atoms with van der Waals surface area (Å²) in [5.41, 5.74) is 11.4. The molecule has 0 bridgehead atoms. The molecule has 0 saturated carbocycles. The second-order valence-electron chi connectivity index (χ2n) is 6.54. The molecule has 2 atom stereocenters. The van der Waals surface area contributed by atoms with Gasteiger partial charge in [0.25, 0.3) is 0 Å². The van der Waals surface area contributed by atoms with Crippen LogP contribution < -0.4 is 22.1 Å². The van der Waals surface area contributed by atoms with Gasteiger partial charge in [-0.1, -0.05) is 12.1 Å². The minimum absolute atomic E-state index is 0.0215. The van der Waals surface area contributed by atoms with Gasteiger partial charge in [-0.3, -0.25) is 24.7 Å². The van der Waals surface area contributed by atoms with Gasteiger partial charge in [0.1, 0.15) is 5.78 Å². The molecule has 1 fully saturated rings. The van der Waals surface area contributed by atoms with Crippen LogP contribution >= 0.6 is 11.3 Å². The number of aliphatic imine (C=N–C) groups is 1. The van der Waals surface area contributed by atoms with Crippen molar-refractivity contribution < 1.29 is 14.4 Å². The molecule has 0 aliphatic carbocycles. The van der Waals surface area contributed by atoms with Crippen molar-refractivity contribution in [3.05, 3.63) is 29.3 Å². The Labute approximate surface area is 165 Å². The number of para-hydroxylation sites is 1. The van der Waals surface area contributed by atoms with E-state index in [9.17, 15) is 14.4 Å². The summed E-state index contributed by atoms with van der Waals surface area (Å²) in [5.74, 6) is -0.676. The van der Waals surface area contributed by atoms with E-state index >= 15 is 0 Å². The Morgan fingerprint density at radius 2 is 2.14 bits per heavy atom. The molecule has 148 valence electrons. The Bertz CT molecular complexity index is 888. The molecule has 1 unspecified atom stereocenters. The molecule has 1 aromatic heterocycles. The van der Waals surface area contributed by atoms with Gasteiger partial charge >= 0.3 is 0 Å². The normalized spacial score (nSPS) is 17.4. The minimum Gasteiger partial charge on any atom is -0.370 e. The van der Waals surface area contributed by atoms with Crippen LogP contribution in [0.15, 0.2) is 29.3 Å². The van der Waals surface area contributed by atoms with Crippen LogP contribution in [0.2, 0.25) is 0 Å². The number of ketones is 2. The van der Waals surface area contributed by atoms with Crippen molar-refractivity contribution in [1.82, 2.24) is 15.6 Å². The highest BCUT2D eigenvalue weighted by molar-refractivity contribution is 7.20. The van der Waals surface area contributed by atoms with Crippen molar-refractivity contribution in [2.45, 2.75) is 31.3 Å². The number of rotatable bonds is 8. The van der Waals surface area contributed by atoms with E-state index in [4.69, 9.17) is 11.5 Å². The summed E-state index contributed by atoms with van der Waals surface area (Å²) in [6, 6.07) is 6.09. The number of nitrogens with two attached hydrogens (primary N) is 2. The molecule has 9 nitrogen and oxygen atoms in total. The number of nitrogens with one attached hydrogen (secondary N) is 2. The lowest BCUT2D eigenvalue weighted by molar-refractivity contribution is -0.124. The zero-order chi connectivity index (χ0) is 20.1. The maximum absolute atomic E-state index is 13.0. The number of hydrogen-bond donors (Lipinski definition) is 4. The zero-order valence-electron chi connectivity index (χ0n) is 15.2. The van der Waals surface area contributed by atoms with Crippen molar-refractivity contribution in [2.24, 2.45) is 16.5 Å². The highest BCUT2D eigenvalue weighted by Gasteiger charge is 2.31. The number of Topliss-reactive ketones (excluding diaryl/α,β-unsaturated/α-hetero) is 2. The second-order valence-corrected chi connectivity index (χ2v) is 7.57. The van der Waals surface area contributed by atoms with Crippen LogP contribution in [-0.2, 0) is 9.59 Å². The highest BCUT2D eigenvalue weighted by atomic mass is 32.1. The molecular weight excluding hydrogens is 380 g/mol. The number of hydrogen-bond acceptors (Lipinski definition) is 7. The number of thiazole rings is 1. The third kappa shape index (κ3) is 4.90. The lowest BCUT2D eigenvalue weighted by Crippen LogP contribution is -2.48. The highest BCUT2D eigenvalue weighted by Crippen LogP contribution is 2.23. The largest absolute Gasteiger partial charge is 0.370 e. The predicted molar refractivity (Wildman–Crippen MR) is 107 cm³/mol. The number of guanidine groups is 1. The summed E-state index contributed by atoms with van der Waals surface area (Å²) in [6.07, 6.45) is 0.996. The van der Waals surface area contributed by atoms with Gasteiger partial charge in [0, 0.05) is 13.0 Å². The van der Waals surface area contributed by atoms with Gasteiger partial charge in [-0.2, -0.15) is 0 Å². The van der Waals surface area contributed by atoms with Gasteiger partial charge < -0.3 is 16.8 Å². The summed E-state index contributed by atoms with van der Waals surface area (Å²) in [7, 11) is 0. The van der Waals surface area contributed by atoms with E-state index in [1.807, 2.05) is 24.3 Å². The summed E-state index contributed by atoms with van der Waals surface area (Å²) in [4.78, 5) is 45.2. The molecule has 0 spiro atoms. The number of amides is 1. The molecule has 28 heavy (non-hydrogen) atoms. The van der Waals surface area contributed by atoms with Gasteiger partial charge in [0.2, 0.25) is 11.7 Å². The molecule has 1 aliphatic rings. The Hall–Kier alpha value is -2.85. The van der Waals surface area contributed by atoms with Crippen LogP contribution in [0.3, 0.4) is 0 Å². The minimum atomic E-state index is -0.764. The molecule has 1 aromatic carbocycles. The Kier molecular flexibility index (Phi) is 6.32. The number of benzene rings is 1. The summed E-state index contributed by atoms with van der Waals surface area (Å²) in [5, 5.41) is 5.95. The van der Waals surface area contributed by atoms with Gasteiger partial charge in [0.15, 0.2) is 11.0 Å². The first-order chi connectivity index (χ1) is 13.4. The Morgan fingerprint density at radius 3 is 2.82 bits per heavy atom. The summed E-state index contributed by atoms with van der Waals surface area (Å²) < 4.78 is 0.902. The third-order valence-corrected chi connectivity index (χ3v) is 5.43. The third-order valence-electron chi connectivity index (χ3n) is 4.38. The molecule has 0 radical (unpaired) electrons. The molecule has 1 aliphatic heterocycles. The summed E-state index contributed by atoms with van der Waals surface area (Å²) >= 11 is 1.29. The lowest BCUT2D eigenvalue weighted by atomic mass is 10.1. The average Bonchev–Trinajstić information content (AvgIpc) is 3.29. The lowest BCUT2D eigenvalue weighted by Gasteiger charge is -2.18.